The number of hydrogen-bond donors (Lipinski definition) is 0. The molecule has 0 N–H and O–H groups in total. The van der Waals surface area contributed by atoms with Gasteiger partial charge in [0.1, 0.15) is 11.9 Å². The van der Waals surface area contributed by atoms with Crippen LogP contribution in [-0.4, -0.2) is 36.0 Å². The molecule has 0 radical (unpaired) electrons. The molecule has 0 aliphatic carbocycles. The highest BCUT2D eigenvalue weighted by Crippen LogP contribution is 2.22. The summed E-state index contributed by atoms with van der Waals surface area (Å²) >= 11 is 0. The number of amides is 1. The number of rotatable bonds is 4. The Morgan fingerprint density at radius 1 is 1.41 bits per heavy atom. The number of piperidine rings is 1. The number of aldehydes is 1. The van der Waals surface area contributed by atoms with Crippen molar-refractivity contribution in [1.29, 1.82) is 0 Å². The molecule has 17 heavy (non-hydrogen) atoms. The summed E-state index contributed by atoms with van der Waals surface area (Å²) in [7, 11) is 0. The largest absolute Gasteiger partial charge is 0.443 e. The Hall–Kier alpha value is -1.06. The van der Waals surface area contributed by atoms with Gasteiger partial charge in [-0.2, -0.15) is 0 Å². The maximum absolute atomic E-state index is 11.9. The van der Waals surface area contributed by atoms with Gasteiger partial charge in [-0.25, -0.2) is 4.79 Å². The first-order valence-corrected chi connectivity index (χ1v) is 6.40. The number of hydrogen-bond acceptors (Lipinski definition) is 3. The number of likely N-dealkylation sites (tertiary alicyclic amines) is 1. The lowest BCUT2D eigenvalue weighted by Crippen LogP contribution is -2.42. The Balaban J connectivity index is 2.38. The lowest BCUT2D eigenvalue weighted by atomic mass is 9.94. The predicted octanol–water partition coefficient (Wildman–Crippen LogP) is 2.61. The highest BCUT2D eigenvalue weighted by Gasteiger charge is 2.27. The van der Waals surface area contributed by atoms with Crippen molar-refractivity contribution in [3.05, 3.63) is 0 Å². The summed E-state index contributed by atoms with van der Waals surface area (Å²) in [4.78, 5) is 24.0. The Bertz CT molecular complexity index is 268. The van der Waals surface area contributed by atoms with E-state index < -0.39 is 5.60 Å². The molecule has 1 fully saturated rings. The van der Waals surface area contributed by atoms with Crippen molar-refractivity contribution in [2.75, 3.05) is 13.1 Å². The van der Waals surface area contributed by atoms with Crippen LogP contribution in [0, 0.1) is 5.92 Å². The van der Waals surface area contributed by atoms with Crippen molar-refractivity contribution in [3.63, 3.8) is 0 Å². The summed E-state index contributed by atoms with van der Waals surface area (Å²) < 4.78 is 5.44. The third-order valence-corrected chi connectivity index (χ3v) is 3.52. The fraction of sp³-hybridized carbons (Fsp3) is 0.846. The molecule has 0 aromatic carbocycles. The zero-order valence-corrected chi connectivity index (χ0v) is 11.1. The first-order chi connectivity index (χ1) is 7.98. The molecule has 0 saturated carbocycles. The maximum atomic E-state index is 11.9. The van der Waals surface area contributed by atoms with Crippen LogP contribution in [0.25, 0.3) is 0 Å². The second-order valence-corrected chi connectivity index (χ2v) is 5.31. The summed E-state index contributed by atoms with van der Waals surface area (Å²) in [5.74, 6) is 0.440. The highest BCUT2D eigenvalue weighted by atomic mass is 16.6. The van der Waals surface area contributed by atoms with E-state index >= 15 is 0 Å². The summed E-state index contributed by atoms with van der Waals surface area (Å²) in [5.41, 5.74) is -0.392. The summed E-state index contributed by atoms with van der Waals surface area (Å²) in [6.45, 7) is 7.26. The Kier molecular flexibility index (Phi) is 4.97. The van der Waals surface area contributed by atoms with E-state index in [1.54, 1.807) is 4.90 Å². The van der Waals surface area contributed by atoms with Crippen molar-refractivity contribution >= 4 is 12.4 Å². The molecule has 0 bridgehead atoms. The molecular weight excluding hydrogens is 218 g/mol. The van der Waals surface area contributed by atoms with E-state index in [1.807, 2.05) is 20.8 Å². The molecule has 1 rings (SSSR count). The molecule has 1 aliphatic heterocycles. The third-order valence-electron chi connectivity index (χ3n) is 3.52. The average molecular weight is 241 g/mol. The molecule has 0 aromatic rings. The standard InChI is InChI=1S/C13H23NO3/c1-4-13(2,3)17-12(16)14-8-5-11(6-9-14)7-10-15/h10-11H,4-9H2,1-3H3. The van der Waals surface area contributed by atoms with E-state index in [9.17, 15) is 9.59 Å². The van der Waals surface area contributed by atoms with Crippen LogP contribution in [0.15, 0.2) is 0 Å². The molecule has 4 nitrogen and oxygen atoms in total. The topological polar surface area (TPSA) is 46.6 Å². The number of carbonyl (C=O) groups is 2. The molecule has 0 atom stereocenters. The van der Waals surface area contributed by atoms with E-state index in [1.165, 1.54) is 0 Å². The van der Waals surface area contributed by atoms with E-state index in [-0.39, 0.29) is 6.09 Å². The normalized spacial score (nSPS) is 17.9. The van der Waals surface area contributed by atoms with Gasteiger partial charge in [-0.3, -0.25) is 0 Å². The van der Waals surface area contributed by atoms with Gasteiger partial charge in [-0.1, -0.05) is 6.92 Å². The number of carbonyl (C=O) groups excluding carboxylic acids is 2. The van der Waals surface area contributed by atoms with Gasteiger partial charge >= 0.3 is 6.09 Å². The van der Waals surface area contributed by atoms with Gasteiger partial charge in [0, 0.05) is 19.5 Å². The summed E-state index contributed by atoms with van der Waals surface area (Å²) in [6.07, 6.45) is 3.98. The van der Waals surface area contributed by atoms with E-state index in [4.69, 9.17) is 4.74 Å². The van der Waals surface area contributed by atoms with Crippen LogP contribution in [0.2, 0.25) is 0 Å². The molecule has 1 saturated heterocycles. The minimum absolute atomic E-state index is 0.221. The molecule has 0 spiro atoms. The number of nitrogens with zero attached hydrogens (tertiary/aromatic N) is 1. The Labute approximate surface area is 103 Å². The van der Waals surface area contributed by atoms with Crippen molar-refractivity contribution < 1.29 is 14.3 Å². The second kappa shape index (κ2) is 6.03. The average Bonchev–Trinajstić information content (AvgIpc) is 2.30. The maximum Gasteiger partial charge on any atom is 0.410 e. The quantitative estimate of drug-likeness (QED) is 0.711. The Morgan fingerprint density at radius 3 is 2.47 bits per heavy atom. The fourth-order valence-electron chi connectivity index (χ4n) is 1.86. The van der Waals surface area contributed by atoms with Crippen molar-refractivity contribution in [2.24, 2.45) is 5.92 Å². The van der Waals surface area contributed by atoms with Gasteiger partial charge in [0.25, 0.3) is 0 Å². The SMILES string of the molecule is CCC(C)(C)OC(=O)N1CCC(CC=O)CC1. The van der Waals surface area contributed by atoms with Gasteiger partial charge in [0.2, 0.25) is 0 Å². The molecule has 1 amide bonds. The van der Waals surface area contributed by atoms with E-state index in [0.29, 0.717) is 25.4 Å². The monoisotopic (exact) mass is 241 g/mol. The molecule has 1 heterocycles. The molecule has 1 aliphatic rings. The molecule has 4 heteroatoms. The summed E-state index contributed by atoms with van der Waals surface area (Å²) in [5, 5.41) is 0. The minimum Gasteiger partial charge on any atom is -0.443 e. The summed E-state index contributed by atoms with van der Waals surface area (Å²) in [6, 6.07) is 0. The molecular formula is C13H23NO3. The second-order valence-electron chi connectivity index (χ2n) is 5.31. The van der Waals surface area contributed by atoms with Crippen LogP contribution in [-0.2, 0) is 9.53 Å². The highest BCUT2D eigenvalue weighted by molar-refractivity contribution is 5.68. The van der Waals surface area contributed by atoms with Crippen LogP contribution >= 0.6 is 0 Å². The molecule has 0 aromatic heterocycles. The van der Waals surface area contributed by atoms with E-state index in [2.05, 4.69) is 0 Å². The Morgan fingerprint density at radius 2 is 2.00 bits per heavy atom. The van der Waals surface area contributed by atoms with Gasteiger partial charge < -0.3 is 14.4 Å². The number of ether oxygens (including phenoxy) is 1. The van der Waals surface area contributed by atoms with Crippen LogP contribution in [0.4, 0.5) is 4.79 Å². The van der Waals surface area contributed by atoms with Crippen LogP contribution in [0.1, 0.15) is 46.5 Å². The van der Waals surface area contributed by atoms with Crippen molar-refractivity contribution in [2.45, 2.75) is 52.1 Å². The van der Waals surface area contributed by atoms with Crippen molar-refractivity contribution in [1.82, 2.24) is 4.90 Å². The van der Waals surface area contributed by atoms with Crippen LogP contribution in [0.3, 0.4) is 0 Å². The molecule has 0 unspecified atom stereocenters. The zero-order valence-electron chi connectivity index (χ0n) is 11.1. The fourth-order valence-corrected chi connectivity index (χ4v) is 1.86. The van der Waals surface area contributed by atoms with Crippen LogP contribution in [0.5, 0.6) is 0 Å². The van der Waals surface area contributed by atoms with Crippen molar-refractivity contribution in [3.8, 4) is 0 Å². The first kappa shape index (κ1) is 14.0. The third kappa shape index (κ3) is 4.36. The predicted molar refractivity (Wildman–Crippen MR) is 65.8 cm³/mol. The first-order valence-electron chi connectivity index (χ1n) is 6.40. The van der Waals surface area contributed by atoms with Gasteiger partial charge in [-0.05, 0) is 39.0 Å². The molecule has 98 valence electrons. The van der Waals surface area contributed by atoms with Crippen LogP contribution < -0.4 is 0 Å². The van der Waals surface area contributed by atoms with Gasteiger partial charge in [-0.15, -0.1) is 0 Å². The van der Waals surface area contributed by atoms with Gasteiger partial charge in [0.15, 0.2) is 0 Å². The lowest BCUT2D eigenvalue weighted by molar-refractivity contribution is -0.108. The zero-order chi connectivity index (χ0) is 12.9. The smallest absolute Gasteiger partial charge is 0.410 e. The van der Waals surface area contributed by atoms with Gasteiger partial charge in [0.05, 0.1) is 0 Å². The minimum atomic E-state index is -0.392. The lowest BCUT2D eigenvalue weighted by Gasteiger charge is -2.33. The van der Waals surface area contributed by atoms with E-state index in [0.717, 1.165) is 25.5 Å².